The Balaban J connectivity index is 1.67. The fraction of sp³-hybridized carbons (Fsp3) is 0.0800. The zero-order chi connectivity index (χ0) is 21.7. The van der Waals surface area contributed by atoms with Crippen LogP contribution < -0.4 is 9.93 Å². The summed E-state index contributed by atoms with van der Waals surface area (Å²) < 4.78 is 25.1. The quantitative estimate of drug-likeness (QED) is 0.283. The molecule has 0 aromatic heterocycles. The number of nitrogens with one attached hydrogen (secondary N) is 1. The Kier molecular flexibility index (Phi) is 6.06. The molecule has 0 saturated heterocycles. The van der Waals surface area contributed by atoms with Crippen LogP contribution in [0.5, 0.6) is 5.75 Å². The summed E-state index contributed by atoms with van der Waals surface area (Å²) in [4.78, 5) is 0. The third-order valence-electron chi connectivity index (χ3n) is 4.84. The van der Waals surface area contributed by atoms with Crippen molar-refractivity contribution in [2.45, 2.75) is 6.92 Å². The number of benzene rings is 3. The Morgan fingerprint density at radius 2 is 1.35 bits per heavy atom. The van der Waals surface area contributed by atoms with E-state index in [1.54, 1.807) is 18.7 Å². The molecule has 1 aliphatic rings. The molecule has 0 atom stereocenters. The first-order valence-electron chi connectivity index (χ1n) is 9.86. The molecule has 0 fully saturated rings. The maximum Gasteiger partial charge on any atom is 0.235 e. The van der Waals surface area contributed by atoms with Crippen molar-refractivity contribution in [3.63, 3.8) is 0 Å². The Morgan fingerprint density at radius 1 is 0.839 bits per heavy atom. The summed E-state index contributed by atoms with van der Waals surface area (Å²) in [5.41, 5.74) is 3.32. The average Bonchev–Trinajstić information content (AvgIpc) is 2.83. The van der Waals surface area contributed by atoms with E-state index in [1.807, 2.05) is 91.9 Å². The maximum absolute atomic E-state index is 13.8. The van der Waals surface area contributed by atoms with Crippen LogP contribution in [-0.4, -0.2) is 12.8 Å². The standard InChI is InChI=1S/C25H23N2O3P/c1-19(20-13-15-23(29-2)16-14-20)26-27-31(28)17-24(21-9-5-3-6-10-21)30-25(18-31)22-11-7-4-8-12-22/h3-18H,1-2H3,(H,27,28). The van der Waals surface area contributed by atoms with Crippen molar-refractivity contribution in [3.8, 4) is 5.75 Å². The smallest absolute Gasteiger partial charge is 0.235 e. The minimum absolute atomic E-state index is 0.537. The molecule has 0 saturated carbocycles. The number of ether oxygens (including phenoxy) is 2. The van der Waals surface area contributed by atoms with Gasteiger partial charge in [-0.1, -0.05) is 60.7 Å². The van der Waals surface area contributed by atoms with E-state index in [2.05, 4.69) is 10.3 Å². The van der Waals surface area contributed by atoms with Crippen molar-refractivity contribution in [2.24, 2.45) is 5.10 Å². The molecule has 0 bridgehead atoms. The lowest BCUT2D eigenvalue weighted by Gasteiger charge is -2.22. The normalized spacial score (nSPS) is 15.4. The van der Waals surface area contributed by atoms with Gasteiger partial charge in [0.1, 0.15) is 17.3 Å². The van der Waals surface area contributed by atoms with Crippen LogP contribution in [0.2, 0.25) is 0 Å². The van der Waals surface area contributed by atoms with Crippen molar-refractivity contribution in [2.75, 3.05) is 7.11 Å². The molecular weight excluding hydrogens is 407 g/mol. The minimum Gasteiger partial charge on any atom is -0.497 e. The third kappa shape index (κ3) is 4.96. The molecule has 0 radical (unpaired) electrons. The number of hydrogen-bond donors (Lipinski definition) is 1. The van der Waals surface area contributed by atoms with Crippen LogP contribution in [0, 0.1) is 0 Å². The highest BCUT2D eigenvalue weighted by Gasteiger charge is 2.26. The Hall–Kier alpha value is -3.56. The molecule has 0 aliphatic carbocycles. The zero-order valence-electron chi connectivity index (χ0n) is 17.4. The minimum atomic E-state index is -3.16. The van der Waals surface area contributed by atoms with E-state index in [0.717, 1.165) is 22.4 Å². The summed E-state index contributed by atoms with van der Waals surface area (Å²) in [7, 11) is -1.53. The van der Waals surface area contributed by atoms with E-state index in [4.69, 9.17) is 9.47 Å². The topological polar surface area (TPSA) is 59.9 Å². The average molecular weight is 430 g/mol. The highest BCUT2D eigenvalue weighted by atomic mass is 31.2. The monoisotopic (exact) mass is 430 g/mol. The number of hydrazone groups is 1. The van der Waals surface area contributed by atoms with Gasteiger partial charge in [0.25, 0.3) is 0 Å². The molecule has 3 aromatic rings. The number of rotatable bonds is 6. The van der Waals surface area contributed by atoms with Gasteiger partial charge in [0.05, 0.1) is 12.8 Å². The molecule has 1 N–H and O–H groups in total. The summed E-state index contributed by atoms with van der Waals surface area (Å²) in [6.45, 7) is 1.87. The third-order valence-corrected chi connectivity index (χ3v) is 6.49. The summed E-state index contributed by atoms with van der Waals surface area (Å²) in [6, 6.07) is 26.8. The van der Waals surface area contributed by atoms with Crippen LogP contribution in [0.25, 0.3) is 11.5 Å². The van der Waals surface area contributed by atoms with Gasteiger partial charge >= 0.3 is 0 Å². The van der Waals surface area contributed by atoms with Crippen LogP contribution in [-0.2, 0) is 9.30 Å². The van der Waals surface area contributed by atoms with Crippen LogP contribution in [0.15, 0.2) is 102 Å². The molecule has 0 amide bonds. The first-order valence-corrected chi connectivity index (χ1v) is 11.7. The van der Waals surface area contributed by atoms with E-state index in [9.17, 15) is 4.57 Å². The second kappa shape index (κ2) is 9.07. The highest BCUT2D eigenvalue weighted by Crippen LogP contribution is 2.53. The summed E-state index contributed by atoms with van der Waals surface area (Å²) >= 11 is 0. The van der Waals surface area contributed by atoms with Crippen LogP contribution in [0.3, 0.4) is 0 Å². The fourth-order valence-electron chi connectivity index (χ4n) is 3.14. The van der Waals surface area contributed by atoms with Crippen LogP contribution >= 0.6 is 7.29 Å². The predicted octanol–water partition coefficient (Wildman–Crippen LogP) is 6.31. The molecule has 6 heteroatoms. The lowest BCUT2D eigenvalue weighted by Crippen LogP contribution is -2.08. The Labute approximate surface area is 182 Å². The molecule has 1 aliphatic heterocycles. The lowest BCUT2D eigenvalue weighted by atomic mass is 10.1. The molecule has 31 heavy (non-hydrogen) atoms. The van der Waals surface area contributed by atoms with Gasteiger partial charge in [0, 0.05) is 22.8 Å². The predicted molar refractivity (Wildman–Crippen MR) is 126 cm³/mol. The maximum atomic E-state index is 13.8. The van der Waals surface area contributed by atoms with Gasteiger partial charge in [-0.25, -0.2) is 0 Å². The SMILES string of the molecule is COc1ccc(C(C)=NNP2(=O)C=C(c3ccccc3)OC(c3ccccc3)=C2)cc1. The summed E-state index contributed by atoms with van der Waals surface area (Å²) in [5, 5.41) is 7.32. The number of nitrogens with zero attached hydrogens (tertiary/aromatic N) is 1. The van der Waals surface area contributed by atoms with Gasteiger partial charge in [-0.2, -0.15) is 5.10 Å². The van der Waals surface area contributed by atoms with Crippen molar-refractivity contribution in [1.29, 1.82) is 0 Å². The van der Waals surface area contributed by atoms with Crippen molar-refractivity contribution >= 4 is 24.5 Å². The molecule has 0 unspecified atom stereocenters. The van der Waals surface area contributed by atoms with Gasteiger partial charge in [-0.05, 0) is 36.8 Å². The second-order valence-electron chi connectivity index (χ2n) is 7.06. The Bertz CT molecular complexity index is 1120. The van der Waals surface area contributed by atoms with Gasteiger partial charge in [0.15, 0.2) is 0 Å². The second-order valence-corrected chi connectivity index (χ2v) is 9.19. The zero-order valence-corrected chi connectivity index (χ0v) is 18.3. The largest absolute Gasteiger partial charge is 0.497 e. The summed E-state index contributed by atoms with van der Waals surface area (Å²) in [6.07, 6.45) is 0. The molecule has 5 nitrogen and oxygen atoms in total. The summed E-state index contributed by atoms with van der Waals surface area (Å²) in [5.74, 6) is 5.09. The molecule has 0 spiro atoms. The molecule has 156 valence electrons. The fourth-order valence-corrected chi connectivity index (χ4v) is 4.73. The van der Waals surface area contributed by atoms with E-state index >= 15 is 0 Å². The Morgan fingerprint density at radius 3 is 1.84 bits per heavy atom. The van der Waals surface area contributed by atoms with Gasteiger partial charge < -0.3 is 9.47 Å². The van der Waals surface area contributed by atoms with Gasteiger partial charge in [-0.15, -0.1) is 0 Å². The van der Waals surface area contributed by atoms with Crippen LogP contribution in [0.1, 0.15) is 23.6 Å². The number of methoxy groups -OCH3 is 1. The first-order chi connectivity index (χ1) is 15.1. The molecular formula is C25H23N2O3P. The van der Waals surface area contributed by atoms with Crippen molar-refractivity contribution in [3.05, 3.63) is 113 Å². The van der Waals surface area contributed by atoms with E-state index in [1.165, 1.54) is 0 Å². The molecule has 4 rings (SSSR count). The first kappa shape index (κ1) is 20.7. The van der Waals surface area contributed by atoms with Gasteiger partial charge in [-0.3, -0.25) is 9.76 Å². The van der Waals surface area contributed by atoms with Gasteiger partial charge in [0.2, 0.25) is 7.29 Å². The van der Waals surface area contributed by atoms with Crippen molar-refractivity contribution in [1.82, 2.24) is 5.20 Å². The molecule has 3 aromatic carbocycles. The van der Waals surface area contributed by atoms with Crippen LogP contribution in [0.4, 0.5) is 0 Å². The van der Waals surface area contributed by atoms with Crippen molar-refractivity contribution < 1.29 is 14.0 Å². The highest BCUT2D eigenvalue weighted by molar-refractivity contribution is 7.68. The van der Waals surface area contributed by atoms with E-state index in [-0.39, 0.29) is 0 Å². The molecule has 1 heterocycles. The lowest BCUT2D eigenvalue weighted by molar-refractivity contribution is 0.415. The van der Waals surface area contributed by atoms with E-state index < -0.39 is 7.29 Å². The number of hydrogen-bond acceptors (Lipinski definition) is 4. The van der Waals surface area contributed by atoms with E-state index in [0.29, 0.717) is 17.2 Å².